The quantitative estimate of drug-likeness (QED) is 0.689. The van der Waals surface area contributed by atoms with Crippen molar-refractivity contribution in [3.8, 4) is 5.75 Å². The second kappa shape index (κ2) is 7.61. The van der Waals surface area contributed by atoms with E-state index in [2.05, 4.69) is 16.8 Å². The molecule has 2 atom stereocenters. The van der Waals surface area contributed by atoms with E-state index in [9.17, 15) is 8.42 Å². The minimum absolute atomic E-state index is 0.0240. The number of allylic oxidation sites excluding steroid dienone is 1. The number of hydrogen-bond donors (Lipinski definition) is 0. The maximum atomic E-state index is 11.7. The van der Waals surface area contributed by atoms with E-state index in [1.54, 1.807) is 6.08 Å². The standard InChI is InChI=1S/C17H21N3O3S2/c1-3-10-20-16(13(2)23-14-7-5-4-6-8-14)18-19-17(20)24-15-9-11-25(21,22)12-15/h3-8,13,15H,1,9-12H2,2H3. The highest BCUT2D eigenvalue weighted by molar-refractivity contribution is 8.01. The van der Waals surface area contributed by atoms with Gasteiger partial charge in [-0.1, -0.05) is 36.0 Å². The first kappa shape index (κ1) is 18.0. The zero-order valence-electron chi connectivity index (χ0n) is 14.0. The van der Waals surface area contributed by atoms with Crippen molar-refractivity contribution < 1.29 is 13.2 Å². The zero-order valence-corrected chi connectivity index (χ0v) is 15.7. The van der Waals surface area contributed by atoms with Crippen LogP contribution in [0.15, 0.2) is 48.1 Å². The van der Waals surface area contributed by atoms with E-state index in [1.807, 2.05) is 41.8 Å². The largest absolute Gasteiger partial charge is 0.483 e. The number of thioether (sulfide) groups is 1. The molecule has 0 saturated carbocycles. The third kappa shape index (κ3) is 4.43. The first-order valence-electron chi connectivity index (χ1n) is 8.11. The molecule has 1 saturated heterocycles. The molecular formula is C17H21N3O3S2. The second-order valence-corrected chi connectivity index (χ2v) is 9.45. The van der Waals surface area contributed by atoms with Crippen LogP contribution in [0.2, 0.25) is 0 Å². The molecule has 134 valence electrons. The van der Waals surface area contributed by atoms with Crippen LogP contribution in [-0.2, 0) is 16.4 Å². The molecule has 8 heteroatoms. The topological polar surface area (TPSA) is 74.1 Å². The van der Waals surface area contributed by atoms with Gasteiger partial charge in [-0.05, 0) is 25.5 Å². The van der Waals surface area contributed by atoms with Gasteiger partial charge >= 0.3 is 0 Å². The molecule has 3 rings (SSSR count). The Morgan fingerprint density at radius 1 is 1.40 bits per heavy atom. The molecule has 0 aliphatic carbocycles. The van der Waals surface area contributed by atoms with Crippen molar-refractivity contribution in [3.05, 3.63) is 48.8 Å². The molecule has 25 heavy (non-hydrogen) atoms. The van der Waals surface area contributed by atoms with Gasteiger partial charge in [0.2, 0.25) is 0 Å². The summed E-state index contributed by atoms with van der Waals surface area (Å²) in [5, 5.41) is 9.27. The Labute approximate surface area is 152 Å². The lowest BCUT2D eigenvalue weighted by atomic mass is 10.3. The molecule has 1 aromatic heterocycles. The summed E-state index contributed by atoms with van der Waals surface area (Å²) >= 11 is 1.47. The van der Waals surface area contributed by atoms with Crippen molar-refractivity contribution >= 4 is 21.6 Å². The van der Waals surface area contributed by atoms with Crippen LogP contribution < -0.4 is 4.74 Å². The number of sulfone groups is 1. The molecule has 2 heterocycles. The Kier molecular flexibility index (Phi) is 5.48. The Morgan fingerprint density at radius 2 is 2.16 bits per heavy atom. The summed E-state index contributed by atoms with van der Waals surface area (Å²) in [5.41, 5.74) is 0. The summed E-state index contributed by atoms with van der Waals surface area (Å²) in [6.45, 7) is 6.26. The molecule has 2 unspecified atom stereocenters. The molecule has 2 aromatic rings. The Balaban J connectivity index is 1.78. The highest BCUT2D eigenvalue weighted by Crippen LogP contribution is 2.31. The monoisotopic (exact) mass is 379 g/mol. The molecule has 1 aliphatic rings. The molecule has 1 fully saturated rings. The van der Waals surface area contributed by atoms with Crippen molar-refractivity contribution in [2.45, 2.75) is 36.4 Å². The second-order valence-electron chi connectivity index (χ2n) is 5.96. The number of hydrogen-bond acceptors (Lipinski definition) is 6. The third-order valence-corrected chi connectivity index (χ3v) is 7.17. The first-order chi connectivity index (χ1) is 12.0. The summed E-state index contributed by atoms with van der Waals surface area (Å²) in [6, 6.07) is 9.55. The van der Waals surface area contributed by atoms with Crippen LogP contribution in [0, 0.1) is 0 Å². The van der Waals surface area contributed by atoms with E-state index >= 15 is 0 Å². The molecule has 0 bridgehead atoms. The van der Waals surface area contributed by atoms with Gasteiger partial charge in [-0.15, -0.1) is 16.8 Å². The van der Waals surface area contributed by atoms with Gasteiger partial charge in [0, 0.05) is 11.8 Å². The number of para-hydroxylation sites is 1. The maximum absolute atomic E-state index is 11.7. The van der Waals surface area contributed by atoms with Gasteiger partial charge in [0.1, 0.15) is 5.75 Å². The van der Waals surface area contributed by atoms with E-state index in [4.69, 9.17) is 4.74 Å². The number of rotatable bonds is 7. The summed E-state index contributed by atoms with van der Waals surface area (Å²) in [5.74, 6) is 1.91. The Bertz CT molecular complexity index is 834. The predicted octanol–water partition coefficient (Wildman–Crippen LogP) is 2.88. The smallest absolute Gasteiger partial charge is 0.191 e. The van der Waals surface area contributed by atoms with E-state index < -0.39 is 9.84 Å². The predicted molar refractivity (Wildman–Crippen MR) is 98.6 cm³/mol. The van der Waals surface area contributed by atoms with Crippen molar-refractivity contribution in [2.75, 3.05) is 11.5 Å². The highest BCUT2D eigenvalue weighted by atomic mass is 32.2. The van der Waals surface area contributed by atoms with E-state index in [0.29, 0.717) is 23.9 Å². The molecule has 0 radical (unpaired) electrons. The van der Waals surface area contributed by atoms with Crippen LogP contribution in [0.1, 0.15) is 25.3 Å². The third-order valence-electron chi connectivity index (χ3n) is 3.94. The van der Waals surface area contributed by atoms with Crippen LogP contribution in [-0.4, -0.2) is 39.9 Å². The Hall–Kier alpha value is -1.80. The molecule has 0 N–H and O–H groups in total. The molecule has 1 aromatic carbocycles. The van der Waals surface area contributed by atoms with E-state index in [0.717, 1.165) is 5.75 Å². The van der Waals surface area contributed by atoms with Crippen LogP contribution in [0.5, 0.6) is 5.75 Å². The fourth-order valence-electron chi connectivity index (χ4n) is 2.75. The molecule has 6 nitrogen and oxygen atoms in total. The normalized spacial score (nSPS) is 20.3. The minimum Gasteiger partial charge on any atom is -0.483 e. The number of ether oxygens (including phenoxy) is 1. The molecule has 1 aliphatic heterocycles. The average Bonchev–Trinajstić information content (AvgIpc) is 3.12. The van der Waals surface area contributed by atoms with Crippen LogP contribution in [0.4, 0.5) is 0 Å². The summed E-state index contributed by atoms with van der Waals surface area (Å²) in [4.78, 5) is 0. The summed E-state index contributed by atoms with van der Waals surface area (Å²) in [6.07, 6.45) is 2.15. The van der Waals surface area contributed by atoms with Crippen molar-refractivity contribution in [2.24, 2.45) is 0 Å². The van der Waals surface area contributed by atoms with Gasteiger partial charge in [-0.3, -0.25) is 4.57 Å². The van der Waals surface area contributed by atoms with Crippen molar-refractivity contribution in [1.82, 2.24) is 14.8 Å². The summed E-state index contributed by atoms with van der Waals surface area (Å²) < 4.78 is 31.2. The van der Waals surface area contributed by atoms with Crippen LogP contribution in [0.25, 0.3) is 0 Å². The molecule has 0 amide bonds. The lowest BCUT2D eigenvalue weighted by molar-refractivity contribution is 0.210. The molecular weight excluding hydrogens is 358 g/mol. The minimum atomic E-state index is -2.91. The van der Waals surface area contributed by atoms with Gasteiger partial charge in [-0.25, -0.2) is 8.42 Å². The fourth-order valence-corrected chi connectivity index (χ4v) is 6.25. The zero-order chi connectivity index (χ0) is 17.9. The lowest BCUT2D eigenvalue weighted by Gasteiger charge is -2.16. The van der Waals surface area contributed by atoms with E-state index in [1.165, 1.54) is 11.8 Å². The van der Waals surface area contributed by atoms with Gasteiger partial charge in [0.15, 0.2) is 26.9 Å². The first-order valence-corrected chi connectivity index (χ1v) is 10.8. The van der Waals surface area contributed by atoms with Crippen molar-refractivity contribution in [1.29, 1.82) is 0 Å². The highest BCUT2D eigenvalue weighted by Gasteiger charge is 2.30. The van der Waals surface area contributed by atoms with Gasteiger partial charge in [0.25, 0.3) is 0 Å². The number of aromatic nitrogens is 3. The SMILES string of the molecule is C=CCn1c(SC2CCS(=O)(=O)C2)nnc1C(C)Oc1ccccc1. The number of benzene rings is 1. The van der Waals surface area contributed by atoms with E-state index in [-0.39, 0.29) is 22.9 Å². The van der Waals surface area contributed by atoms with Gasteiger partial charge in [0.05, 0.1) is 11.5 Å². The Morgan fingerprint density at radius 3 is 2.80 bits per heavy atom. The molecule has 0 spiro atoms. The van der Waals surface area contributed by atoms with Crippen LogP contribution in [0.3, 0.4) is 0 Å². The average molecular weight is 380 g/mol. The van der Waals surface area contributed by atoms with Gasteiger partial charge in [-0.2, -0.15) is 0 Å². The summed E-state index contributed by atoms with van der Waals surface area (Å²) in [7, 11) is -2.91. The van der Waals surface area contributed by atoms with Crippen LogP contribution >= 0.6 is 11.8 Å². The number of nitrogens with zero attached hydrogens (tertiary/aromatic N) is 3. The fraction of sp³-hybridized carbons (Fsp3) is 0.412. The van der Waals surface area contributed by atoms with Crippen molar-refractivity contribution in [3.63, 3.8) is 0 Å². The van der Waals surface area contributed by atoms with Gasteiger partial charge < -0.3 is 4.74 Å². The maximum Gasteiger partial charge on any atom is 0.191 e. The lowest BCUT2D eigenvalue weighted by Crippen LogP contribution is -2.13.